The number of anilines is 1. The average Bonchev–Trinajstić information content (AvgIpc) is 3.22. The predicted molar refractivity (Wildman–Crippen MR) is 73.1 cm³/mol. The Morgan fingerprint density at radius 2 is 2.00 bits per heavy atom. The summed E-state index contributed by atoms with van der Waals surface area (Å²) < 4.78 is 0. The van der Waals surface area contributed by atoms with Crippen LogP contribution in [0.2, 0.25) is 5.02 Å². The molecule has 18 heavy (non-hydrogen) atoms. The number of hydrogen-bond acceptors (Lipinski definition) is 4. The number of rotatable bonds is 4. The number of nitrogens with zero attached hydrogens (tertiary/aromatic N) is 3. The number of hydrogen-bond donors (Lipinski definition) is 1. The third-order valence-electron chi connectivity index (χ3n) is 3.71. The van der Waals surface area contributed by atoms with E-state index in [0.717, 1.165) is 25.1 Å². The van der Waals surface area contributed by atoms with E-state index in [4.69, 9.17) is 11.6 Å². The molecule has 5 heteroatoms. The molecule has 1 saturated heterocycles. The lowest BCUT2D eigenvalue weighted by Crippen LogP contribution is -2.46. The van der Waals surface area contributed by atoms with Crippen LogP contribution >= 0.6 is 11.6 Å². The van der Waals surface area contributed by atoms with Gasteiger partial charge in [-0.05, 0) is 32.1 Å². The van der Waals surface area contributed by atoms with E-state index in [-0.39, 0.29) is 0 Å². The minimum atomic E-state index is 0.528. The summed E-state index contributed by atoms with van der Waals surface area (Å²) in [6.07, 6.45) is 9.81. The molecule has 1 atom stereocenters. The van der Waals surface area contributed by atoms with Crippen molar-refractivity contribution in [2.45, 2.75) is 44.2 Å². The van der Waals surface area contributed by atoms with Gasteiger partial charge in [-0.2, -0.15) is 0 Å². The van der Waals surface area contributed by atoms with E-state index < -0.39 is 0 Å². The molecule has 98 valence electrons. The summed E-state index contributed by atoms with van der Waals surface area (Å²) in [6, 6.07) is 1.29. The maximum Gasteiger partial charge on any atom is 0.225 e. The predicted octanol–water partition coefficient (Wildman–Crippen LogP) is 2.24. The highest BCUT2D eigenvalue weighted by molar-refractivity contribution is 6.30. The molecule has 1 unspecified atom stereocenters. The largest absolute Gasteiger partial charge is 0.337 e. The molecule has 0 bridgehead atoms. The Hall–Kier alpha value is -0.870. The van der Waals surface area contributed by atoms with Crippen molar-refractivity contribution in [2.75, 3.05) is 18.0 Å². The van der Waals surface area contributed by atoms with Gasteiger partial charge in [0.1, 0.15) is 0 Å². The Balaban J connectivity index is 1.67. The van der Waals surface area contributed by atoms with E-state index in [1.165, 1.54) is 32.1 Å². The van der Waals surface area contributed by atoms with Gasteiger partial charge in [-0.3, -0.25) is 0 Å². The summed E-state index contributed by atoms with van der Waals surface area (Å²) in [5.41, 5.74) is 0. The summed E-state index contributed by atoms with van der Waals surface area (Å²) in [6.45, 7) is 2.11. The maximum atomic E-state index is 5.84. The van der Waals surface area contributed by atoms with Crippen molar-refractivity contribution in [1.82, 2.24) is 15.3 Å². The van der Waals surface area contributed by atoms with Crippen LogP contribution in [-0.2, 0) is 0 Å². The lowest BCUT2D eigenvalue weighted by Gasteiger charge is -2.36. The van der Waals surface area contributed by atoms with Crippen molar-refractivity contribution in [3.63, 3.8) is 0 Å². The van der Waals surface area contributed by atoms with Crippen LogP contribution in [0.1, 0.15) is 32.1 Å². The second-order valence-electron chi connectivity index (χ2n) is 5.23. The van der Waals surface area contributed by atoms with Crippen LogP contribution in [0.4, 0.5) is 5.95 Å². The second kappa shape index (κ2) is 5.41. The Kier molecular flexibility index (Phi) is 3.66. The molecule has 3 rings (SSSR count). The van der Waals surface area contributed by atoms with Crippen molar-refractivity contribution in [1.29, 1.82) is 0 Å². The number of halogens is 1. The topological polar surface area (TPSA) is 41.1 Å². The zero-order valence-electron chi connectivity index (χ0n) is 10.5. The van der Waals surface area contributed by atoms with Gasteiger partial charge in [0.2, 0.25) is 5.95 Å². The number of nitrogens with one attached hydrogen (secondary N) is 1. The zero-order valence-corrected chi connectivity index (χ0v) is 11.2. The summed E-state index contributed by atoms with van der Waals surface area (Å²) in [7, 11) is 0. The van der Waals surface area contributed by atoms with Crippen LogP contribution in [0.25, 0.3) is 0 Å². The normalized spacial score (nSPS) is 24.3. The van der Waals surface area contributed by atoms with E-state index in [1.807, 2.05) is 0 Å². The van der Waals surface area contributed by atoms with Gasteiger partial charge in [-0.15, -0.1) is 0 Å². The van der Waals surface area contributed by atoms with Gasteiger partial charge in [-0.25, -0.2) is 9.97 Å². The van der Waals surface area contributed by atoms with Crippen molar-refractivity contribution >= 4 is 17.5 Å². The third-order valence-corrected chi connectivity index (χ3v) is 3.91. The fourth-order valence-corrected chi connectivity index (χ4v) is 2.62. The molecule has 0 radical (unpaired) electrons. The van der Waals surface area contributed by atoms with Gasteiger partial charge in [0, 0.05) is 25.2 Å². The van der Waals surface area contributed by atoms with E-state index in [2.05, 4.69) is 20.2 Å². The average molecular weight is 267 g/mol. The SMILES string of the molecule is Clc1cnc(N2CCCCC2CNC2CC2)nc1. The van der Waals surface area contributed by atoms with Gasteiger partial charge < -0.3 is 10.2 Å². The fraction of sp³-hybridized carbons (Fsp3) is 0.692. The van der Waals surface area contributed by atoms with Crippen molar-refractivity contribution in [2.24, 2.45) is 0 Å². The Labute approximate surface area is 113 Å². The molecule has 1 saturated carbocycles. The van der Waals surface area contributed by atoms with E-state index in [1.54, 1.807) is 12.4 Å². The first-order valence-corrected chi connectivity index (χ1v) is 7.18. The summed E-state index contributed by atoms with van der Waals surface area (Å²) in [5.74, 6) is 0.821. The Bertz CT molecular complexity index is 390. The monoisotopic (exact) mass is 266 g/mol. The highest BCUT2D eigenvalue weighted by atomic mass is 35.5. The van der Waals surface area contributed by atoms with Crippen molar-refractivity contribution < 1.29 is 0 Å². The molecule has 0 spiro atoms. The first kappa shape index (κ1) is 12.2. The van der Waals surface area contributed by atoms with Crippen LogP contribution in [0.15, 0.2) is 12.4 Å². The van der Waals surface area contributed by atoms with Crippen LogP contribution in [0.3, 0.4) is 0 Å². The van der Waals surface area contributed by atoms with Gasteiger partial charge in [-0.1, -0.05) is 11.6 Å². The maximum absolute atomic E-state index is 5.84. The molecular weight excluding hydrogens is 248 g/mol. The molecular formula is C13H19ClN4. The molecule has 2 fully saturated rings. The van der Waals surface area contributed by atoms with Crippen LogP contribution in [-0.4, -0.2) is 35.1 Å². The standard InChI is InChI=1S/C13H19ClN4/c14-10-7-16-13(17-8-10)18-6-2-1-3-12(18)9-15-11-4-5-11/h7-8,11-12,15H,1-6,9H2. The number of aromatic nitrogens is 2. The first-order chi connectivity index (χ1) is 8.83. The summed E-state index contributed by atoms with van der Waals surface area (Å²) in [4.78, 5) is 11.0. The Morgan fingerprint density at radius 1 is 1.22 bits per heavy atom. The van der Waals surface area contributed by atoms with E-state index in [9.17, 15) is 0 Å². The van der Waals surface area contributed by atoms with E-state index in [0.29, 0.717) is 11.1 Å². The van der Waals surface area contributed by atoms with Crippen molar-refractivity contribution in [3.8, 4) is 0 Å². The van der Waals surface area contributed by atoms with Crippen LogP contribution < -0.4 is 10.2 Å². The minimum absolute atomic E-state index is 0.528. The van der Waals surface area contributed by atoms with E-state index >= 15 is 0 Å². The minimum Gasteiger partial charge on any atom is -0.337 e. The molecule has 0 amide bonds. The zero-order chi connectivity index (χ0) is 12.4. The van der Waals surface area contributed by atoms with Crippen molar-refractivity contribution in [3.05, 3.63) is 17.4 Å². The third kappa shape index (κ3) is 2.93. The molecule has 4 nitrogen and oxygen atoms in total. The Morgan fingerprint density at radius 3 is 2.72 bits per heavy atom. The molecule has 1 aromatic rings. The quantitative estimate of drug-likeness (QED) is 0.908. The smallest absolute Gasteiger partial charge is 0.225 e. The summed E-state index contributed by atoms with van der Waals surface area (Å²) >= 11 is 5.84. The van der Waals surface area contributed by atoms with Gasteiger partial charge in [0.25, 0.3) is 0 Å². The highest BCUT2D eigenvalue weighted by Gasteiger charge is 2.27. The molecule has 2 aliphatic rings. The fourth-order valence-electron chi connectivity index (χ4n) is 2.52. The second-order valence-corrected chi connectivity index (χ2v) is 5.66. The molecule has 1 N–H and O–H groups in total. The van der Waals surface area contributed by atoms with Gasteiger partial charge >= 0.3 is 0 Å². The first-order valence-electron chi connectivity index (χ1n) is 6.80. The molecule has 0 aromatic carbocycles. The lowest BCUT2D eigenvalue weighted by molar-refractivity contribution is 0.428. The molecule has 1 aromatic heterocycles. The molecule has 1 aliphatic heterocycles. The number of piperidine rings is 1. The van der Waals surface area contributed by atoms with Crippen LogP contribution in [0, 0.1) is 0 Å². The highest BCUT2D eigenvalue weighted by Crippen LogP contribution is 2.24. The molecule has 1 aliphatic carbocycles. The van der Waals surface area contributed by atoms with Gasteiger partial charge in [0.15, 0.2) is 0 Å². The summed E-state index contributed by atoms with van der Waals surface area (Å²) in [5, 5.41) is 4.21. The van der Waals surface area contributed by atoms with Gasteiger partial charge in [0.05, 0.1) is 17.4 Å². The molecule has 2 heterocycles. The van der Waals surface area contributed by atoms with Crippen LogP contribution in [0.5, 0.6) is 0 Å². The lowest BCUT2D eigenvalue weighted by atomic mass is 10.0.